The summed E-state index contributed by atoms with van der Waals surface area (Å²) in [5, 5.41) is 3.54. The molecule has 1 N–H and O–H groups in total. The molecule has 0 aliphatic heterocycles. The number of aryl methyl sites for hydroxylation is 2. The Bertz CT molecular complexity index is 779. The molecule has 3 rings (SSSR count). The van der Waals surface area contributed by atoms with Gasteiger partial charge in [-0.3, -0.25) is 4.98 Å². The molecule has 1 aromatic heterocycles. The number of pyridine rings is 1. The summed E-state index contributed by atoms with van der Waals surface area (Å²) in [4.78, 5) is 4.56. The van der Waals surface area contributed by atoms with Gasteiger partial charge in [-0.2, -0.15) is 0 Å². The van der Waals surface area contributed by atoms with Crippen molar-refractivity contribution in [2.45, 2.75) is 26.9 Å². The van der Waals surface area contributed by atoms with Crippen molar-refractivity contribution in [3.8, 4) is 11.1 Å². The number of hydrogen-bond acceptors (Lipinski definition) is 2. The zero-order valence-electron chi connectivity index (χ0n) is 13.7. The highest BCUT2D eigenvalue weighted by atomic mass is 14.9. The van der Waals surface area contributed by atoms with Crippen LogP contribution >= 0.6 is 0 Å². The Balaban J connectivity index is 1.72. The molecule has 23 heavy (non-hydrogen) atoms. The highest BCUT2D eigenvalue weighted by Gasteiger charge is 2.04. The van der Waals surface area contributed by atoms with Crippen LogP contribution in [0.5, 0.6) is 0 Å². The van der Waals surface area contributed by atoms with Crippen molar-refractivity contribution in [1.29, 1.82) is 0 Å². The van der Waals surface area contributed by atoms with Gasteiger partial charge in [-0.1, -0.05) is 54.6 Å². The lowest BCUT2D eigenvalue weighted by Crippen LogP contribution is -2.14. The Kier molecular flexibility index (Phi) is 4.84. The van der Waals surface area contributed by atoms with Crippen molar-refractivity contribution < 1.29 is 0 Å². The van der Waals surface area contributed by atoms with E-state index < -0.39 is 0 Å². The summed E-state index contributed by atoms with van der Waals surface area (Å²) >= 11 is 0. The summed E-state index contributed by atoms with van der Waals surface area (Å²) in [6.45, 7) is 5.93. The van der Waals surface area contributed by atoms with Crippen LogP contribution < -0.4 is 5.32 Å². The smallest absolute Gasteiger partial charge is 0.0418 e. The van der Waals surface area contributed by atoms with E-state index in [9.17, 15) is 0 Å². The molecular formula is C21H22N2. The molecule has 2 heteroatoms. The minimum atomic E-state index is 0.827. The third-order valence-electron chi connectivity index (χ3n) is 4.19. The SMILES string of the molecule is Cc1ccccc1CNCc1cc(-c2ccccc2)cnc1C. The molecule has 0 aliphatic carbocycles. The molecule has 0 unspecified atom stereocenters. The van der Waals surface area contributed by atoms with Crippen LogP contribution in [0.2, 0.25) is 0 Å². The fraction of sp³-hybridized carbons (Fsp3) is 0.190. The molecule has 0 bridgehead atoms. The lowest BCUT2D eigenvalue weighted by Gasteiger charge is -2.11. The average Bonchev–Trinajstić information content (AvgIpc) is 2.59. The standard InChI is InChI=1S/C21H22N2/c1-16-8-6-7-11-19(16)13-22-14-20-12-21(15-23-17(20)2)18-9-4-3-5-10-18/h3-12,15,22H,13-14H2,1-2H3. The molecule has 0 spiro atoms. The van der Waals surface area contributed by atoms with Crippen LogP contribution in [0.15, 0.2) is 66.9 Å². The topological polar surface area (TPSA) is 24.9 Å². The van der Waals surface area contributed by atoms with Gasteiger partial charge in [0.1, 0.15) is 0 Å². The zero-order valence-corrected chi connectivity index (χ0v) is 13.7. The van der Waals surface area contributed by atoms with Gasteiger partial charge >= 0.3 is 0 Å². The summed E-state index contributed by atoms with van der Waals surface area (Å²) < 4.78 is 0. The van der Waals surface area contributed by atoms with E-state index in [1.807, 2.05) is 12.3 Å². The van der Waals surface area contributed by atoms with Crippen LogP contribution in [-0.4, -0.2) is 4.98 Å². The third kappa shape index (κ3) is 3.85. The molecule has 3 aromatic rings. The van der Waals surface area contributed by atoms with E-state index in [1.54, 1.807) is 0 Å². The maximum Gasteiger partial charge on any atom is 0.0418 e. The summed E-state index contributed by atoms with van der Waals surface area (Å²) in [5.41, 5.74) is 7.39. The molecule has 116 valence electrons. The number of nitrogens with one attached hydrogen (secondary N) is 1. The first kappa shape index (κ1) is 15.4. The number of aromatic nitrogens is 1. The molecule has 2 aromatic carbocycles. The molecule has 0 atom stereocenters. The quantitative estimate of drug-likeness (QED) is 0.741. The zero-order chi connectivity index (χ0) is 16.1. The summed E-state index contributed by atoms with van der Waals surface area (Å²) in [6, 6.07) is 21.1. The van der Waals surface area contributed by atoms with Gasteiger partial charge in [-0.05, 0) is 42.2 Å². The van der Waals surface area contributed by atoms with Crippen LogP contribution in [-0.2, 0) is 13.1 Å². The normalized spacial score (nSPS) is 10.7. The number of rotatable bonds is 5. The first-order valence-corrected chi connectivity index (χ1v) is 8.00. The second kappa shape index (κ2) is 7.21. The van der Waals surface area contributed by atoms with E-state index in [4.69, 9.17) is 0 Å². The van der Waals surface area contributed by atoms with E-state index in [-0.39, 0.29) is 0 Å². The van der Waals surface area contributed by atoms with E-state index in [0.717, 1.165) is 18.8 Å². The Labute approximate surface area is 138 Å². The fourth-order valence-electron chi connectivity index (χ4n) is 2.69. The van der Waals surface area contributed by atoms with Crippen LogP contribution in [0.4, 0.5) is 0 Å². The molecule has 0 saturated carbocycles. The lowest BCUT2D eigenvalue weighted by atomic mass is 10.0. The minimum absolute atomic E-state index is 0.827. The van der Waals surface area contributed by atoms with Gasteiger partial charge < -0.3 is 5.32 Å². The highest BCUT2D eigenvalue weighted by Crippen LogP contribution is 2.20. The second-order valence-corrected chi connectivity index (χ2v) is 5.86. The van der Waals surface area contributed by atoms with Crippen molar-refractivity contribution in [2.75, 3.05) is 0 Å². The van der Waals surface area contributed by atoms with E-state index >= 15 is 0 Å². The van der Waals surface area contributed by atoms with E-state index in [1.165, 1.54) is 27.8 Å². The highest BCUT2D eigenvalue weighted by molar-refractivity contribution is 5.63. The molecule has 0 fully saturated rings. The Morgan fingerprint density at radius 3 is 2.26 bits per heavy atom. The maximum atomic E-state index is 4.56. The van der Waals surface area contributed by atoms with E-state index in [2.05, 4.69) is 78.7 Å². The molecule has 0 radical (unpaired) electrons. The van der Waals surface area contributed by atoms with E-state index in [0.29, 0.717) is 0 Å². The van der Waals surface area contributed by atoms with Crippen molar-refractivity contribution in [2.24, 2.45) is 0 Å². The lowest BCUT2D eigenvalue weighted by molar-refractivity contribution is 0.685. The average molecular weight is 302 g/mol. The van der Waals surface area contributed by atoms with Gasteiger partial charge in [0.2, 0.25) is 0 Å². The Morgan fingerprint density at radius 2 is 1.48 bits per heavy atom. The monoisotopic (exact) mass is 302 g/mol. The summed E-state index contributed by atoms with van der Waals surface area (Å²) in [7, 11) is 0. The van der Waals surface area contributed by atoms with Gasteiger partial charge in [0, 0.05) is 30.5 Å². The largest absolute Gasteiger partial charge is 0.309 e. The molecule has 0 aliphatic rings. The van der Waals surface area contributed by atoms with Gasteiger partial charge in [0.15, 0.2) is 0 Å². The van der Waals surface area contributed by atoms with Gasteiger partial charge in [0.05, 0.1) is 0 Å². The van der Waals surface area contributed by atoms with Crippen molar-refractivity contribution in [3.05, 3.63) is 89.2 Å². The minimum Gasteiger partial charge on any atom is -0.309 e. The van der Waals surface area contributed by atoms with Crippen molar-refractivity contribution in [3.63, 3.8) is 0 Å². The maximum absolute atomic E-state index is 4.56. The predicted molar refractivity (Wildman–Crippen MR) is 96.1 cm³/mol. The number of hydrogen-bond donors (Lipinski definition) is 1. The van der Waals surface area contributed by atoms with Crippen LogP contribution in [0.1, 0.15) is 22.4 Å². The third-order valence-corrected chi connectivity index (χ3v) is 4.19. The molecule has 0 saturated heterocycles. The van der Waals surface area contributed by atoms with Crippen LogP contribution in [0, 0.1) is 13.8 Å². The van der Waals surface area contributed by atoms with Gasteiger partial charge in [0.25, 0.3) is 0 Å². The van der Waals surface area contributed by atoms with Crippen LogP contribution in [0.25, 0.3) is 11.1 Å². The molecular weight excluding hydrogens is 280 g/mol. The first-order chi connectivity index (χ1) is 11.2. The molecule has 1 heterocycles. The van der Waals surface area contributed by atoms with Gasteiger partial charge in [-0.25, -0.2) is 0 Å². The number of benzene rings is 2. The first-order valence-electron chi connectivity index (χ1n) is 8.00. The molecule has 0 amide bonds. The Morgan fingerprint density at radius 1 is 0.783 bits per heavy atom. The van der Waals surface area contributed by atoms with Crippen LogP contribution in [0.3, 0.4) is 0 Å². The predicted octanol–water partition coefficient (Wildman–Crippen LogP) is 4.66. The molecule has 2 nitrogen and oxygen atoms in total. The summed E-state index contributed by atoms with van der Waals surface area (Å²) in [6.07, 6.45) is 1.95. The van der Waals surface area contributed by atoms with Crippen molar-refractivity contribution >= 4 is 0 Å². The Hall–Kier alpha value is -2.45. The second-order valence-electron chi connectivity index (χ2n) is 5.86. The fourth-order valence-corrected chi connectivity index (χ4v) is 2.69. The summed E-state index contributed by atoms with van der Waals surface area (Å²) in [5.74, 6) is 0. The van der Waals surface area contributed by atoms with Crippen molar-refractivity contribution in [1.82, 2.24) is 10.3 Å². The number of nitrogens with zero attached hydrogens (tertiary/aromatic N) is 1. The van der Waals surface area contributed by atoms with Gasteiger partial charge in [-0.15, -0.1) is 0 Å².